The van der Waals surface area contributed by atoms with E-state index in [9.17, 15) is 14.4 Å². The fraction of sp³-hybridized carbons (Fsp3) is 0.682. The van der Waals surface area contributed by atoms with Gasteiger partial charge in [-0.25, -0.2) is 9.59 Å². The predicted molar refractivity (Wildman–Crippen MR) is 102 cm³/mol. The molecule has 0 aromatic carbocycles. The van der Waals surface area contributed by atoms with E-state index in [4.69, 9.17) is 4.74 Å². The van der Waals surface area contributed by atoms with Gasteiger partial charge in [0.15, 0.2) is 0 Å². The van der Waals surface area contributed by atoms with Gasteiger partial charge in [-0.1, -0.05) is 38.5 Å². The van der Waals surface area contributed by atoms with Crippen molar-refractivity contribution >= 4 is 17.9 Å². The molecule has 0 N–H and O–H groups in total. The van der Waals surface area contributed by atoms with Gasteiger partial charge in [-0.15, -0.1) is 0 Å². The molecule has 2 saturated carbocycles. The van der Waals surface area contributed by atoms with E-state index in [1.165, 1.54) is 14.2 Å². The first-order valence-electron chi connectivity index (χ1n) is 9.96. The summed E-state index contributed by atoms with van der Waals surface area (Å²) in [6, 6.07) is 0. The maximum Gasteiger partial charge on any atom is 0.384 e. The molecule has 152 valence electrons. The third kappa shape index (κ3) is 6.02. The van der Waals surface area contributed by atoms with Gasteiger partial charge in [-0.3, -0.25) is 4.79 Å². The van der Waals surface area contributed by atoms with E-state index < -0.39 is 17.5 Å². The second-order valence-corrected chi connectivity index (χ2v) is 7.31. The molecule has 0 radical (unpaired) electrons. The summed E-state index contributed by atoms with van der Waals surface area (Å²) < 4.78 is 15.1. The number of rotatable bonds is 3. The average molecular weight is 388 g/mol. The van der Waals surface area contributed by atoms with Crippen molar-refractivity contribution in [1.29, 1.82) is 0 Å². The molecule has 6 heteroatoms. The Balaban J connectivity index is 2.41. The molecule has 0 aromatic heterocycles. The maximum atomic E-state index is 12.9. The third-order valence-corrected chi connectivity index (χ3v) is 5.45. The second-order valence-electron chi connectivity index (χ2n) is 7.31. The van der Waals surface area contributed by atoms with Crippen LogP contribution >= 0.6 is 0 Å². The van der Waals surface area contributed by atoms with Gasteiger partial charge in [-0.05, 0) is 37.5 Å². The molecule has 0 unspecified atom stereocenters. The number of methoxy groups -OCH3 is 2. The van der Waals surface area contributed by atoms with E-state index in [2.05, 4.69) is 33.2 Å². The number of hydrogen-bond acceptors (Lipinski definition) is 6. The highest BCUT2D eigenvalue weighted by atomic mass is 16.6. The van der Waals surface area contributed by atoms with Crippen molar-refractivity contribution in [1.82, 2.24) is 0 Å². The summed E-state index contributed by atoms with van der Waals surface area (Å²) in [4.78, 5) is 36.2. The first-order chi connectivity index (χ1) is 13.5. The van der Waals surface area contributed by atoms with Crippen LogP contribution in [0.1, 0.15) is 64.2 Å². The normalized spacial score (nSPS) is 17.9. The van der Waals surface area contributed by atoms with Crippen LogP contribution in [0.3, 0.4) is 0 Å². The van der Waals surface area contributed by atoms with E-state index >= 15 is 0 Å². The lowest BCUT2D eigenvalue weighted by Crippen LogP contribution is -2.43. The highest BCUT2D eigenvalue weighted by molar-refractivity contribution is 5.90. The number of carbonyl (C=O) groups is 3. The van der Waals surface area contributed by atoms with Crippen LogP contribution in [-0.4, -0.2) is 37.7 Å². The molecule has 2 rings (SSSR count). The summed E-state index contributed by atoms with van der Waals surface area (Å²) in [5.74, 6) is 8.05. The minimum Gasteiger partial charge on any atom is -0.459 e. The van der Waals surface area contributed by atoms with Crippen LogP contribution in [0.4, 0.5) is 0 Å². The van der Waals surface area contributed by atoms with Crippen LogP contribution in [0.25, 0.3) is 0 Å². The van der Waals surface area contributed by atoms with Gasteiger partial charge < -0.3 is 14.2 Å². The largest absolute Gasteiger partial charge is 0.459 e. The standard InChI is InChI=1S/C22H28O6/c1-26-19(23)13-15-22(16-14-20(24)27-2,18-11-7-4-8-12-18)28-21(25)17-9-5-3-6-10-17/h17-18H,3-12H2,1-2H3. The Bertz CT molecular complexity index is 656. The van der Waals surface area contributed by atoms with Gasteiger partial charge in [0, 0.05) is 17.8 Å². The number of hydrogen-bond donors (Lipinski definition) is 0. The van der Waals surface area contributed by atoms with Crippen molar-refractivity contribution in [2.24, 2.45) is 11.8 Å². The van der Waals surface area contributed by atoms with Gasteiger partial charge in [0.2, 0.25) is 5.60 Å². The molecule has 28 heavy (non-hydrogen) atoms. The fourth-order valence-electron chi connectivity index (χ4n) is 3.85. The Kier molecular flexibility index (Phi) is 8.39. The molecule has 0 amide bonds. The van der Waals surface area contributed by atoms with Crippen molar-refractivity contribution in [2.75, 3.05) is 14.2 Å². The smallest absolute Gasteiger partial charge is 0.384 e. The summed E-state index contributed by atoms with van der Waals surface area (Å²) in [6.45, 7) is 0. The zero-order valence-electron chi connectivity index (χ0n) is 16.7. The van der Waals surface area contributed by atoms with Gasteiger partial charge in [-0.2, -0.15) is 0 Å². The van der Waals surface area contributed by atoms with Crippen molar-refractivity contribution in [3.05, 3.63) is 0 Å². The van der Waals surface area contributed by atoms with Crippen molar-refractivity contribution in [3.63, 3.8) is 0 Å². The SMILES string of the molecule is COC(=O)C#CC(C#CC(=O)OC)(OC(=O)C1CCCCC1)C1CCCCC1. The first-order valence-corrected chi connectivity index (χ1v) is 9.96. The topological polar surface area (TPSA) is 78.9 Å². The molecule has 2 fully saturated rings. The molecule has 0 aromatic rings. The Labute approximate surface area is 166 Å². The summed E-state index contributed by atoms with van der Waals surface area (Å²) in [6.07, 6.45) is 9.12. The summed E-state index contributed by atoms with van der Waals surface area (Å²) in [5.41, 5.74) is -1.52. The number of ether oxygens (including phenoxy) is 3. The van der Waals surface area contributed by atoms with Crippen LogP contribution in [0.5, 0.6) is 0 Å². The van der Waals surface area contributed by atoms with Crippen LogP contribution in [0.15, 0.2) is 0 Å². The Hall–Kier alpha value is -2.47. The highest BCUT2D eigenvalue weighted by Crippen LogP contribution is 2.36. The van der Waals surface area contributed by atoms with Crippen LogP contribution in [-0.2, 0) is 28.6 Å². The number of carbonyl (C=O) groups excluding carboxylic acids is 3. The molecular weight excluding hydrogens is 360 g/mol. The minimum atomic E-state index is -1.52. The lowest BCUT2D eigenvalue weighted by molar-refractivity contribution is -0.161. The summed E-state index contributed by atoms with van der Waals surface area (Å²) in [7, 11) is 2.46. The van der Waals surface area contributed by atoms with E-state index in [-0.39, 0.29) is 17.8 Å². The third-order valence-electron chi connectivity index (χ3n) is 5.45. The molecule has 0 saturated heterocycles. The van der Waals surface area contributed by atoms with Crippen LogP contribution in [0, 0.1) is 35.5 Å². The molecule has 2 aliphatic rings. The zero-order valence-corrected chi connectivity index (χ0v) is 16.7. The van der Waals surface area contributed by atoms with Crippen molar-refractivity contribution in [2.45, 2.75) is 69.8 Å². The Morgan fingerprint density at radius 1 is 0.750 bits per heavy atom. The van der Waals surface area contributed by atoms with Gasteiger partial charge in [0.25, 0.3) is 0 Å². The van der Waals surface area contributed by atoms with Gasteiger partial charge >= 0.3 is 17.9 Å². The van der Waals surface area contributed by atoms with Crippen molar-refractivity contribution in [3.8, 4) is 23.7 Å². The molecule has 0 aliphatic heterocycles. The van der Waals surface area contributed by atoms with E-state index in [0.29, 0.717) is 0 Å². The lowest BCUT2D eigenvalue weighted by atomic mass is 9.77. The van der Waals surface area contributed by atoms with Gasteiger partial charge in [0.1, 0.15) is 0 Å². The van der Waals surface area contributed by atoms with E-state index in [1.807, 2.05) is 0 Å². The highest BCUT2D eigenvalue weighted by Gasteiger charge is 2.42. The molecule has 0 bridgehead atoms. The quantitative estimate of drug-likeness (QED) is 0.320. The number of esters is 3. The van der Waals surface area contributed by atoms with E-state index in [1.54, 1.807) is 0 Å². The summed E-state index contributed by atoms with van der Waals surface area (Å²) in [5, 5.41) is 0. The van der Waals surface area contributed by atoms with Crippen LogP contribution < -0.4 is 0 Å². The Morgan fingerprint density at radius 3 is 1.68 bits per heavy atom. The molecule has 0 heterocycles. The van der Waals surface area contributed by atoms with Crippen LogP contribution in [0.2, 0.25) is 0 Å². The van der Waals surface area contributed by atoms with Gasteiger partial charge in [0.05, 0.1) is 20.1 Å². The maximum absolute atomic E-state index is 12.9. The minimum absolute atomic E-state index is 0.178. The molecule has 6 nitrogen and oxygen atoms in total. The first kappa shape index (κ1) is 21.8. The average Bonchev–Trinajstić information content (AvgIpc) is 2.76. The zero-order chi connectivity index (χ0) is 20.4. The molecule has 0 atom stereocenters. The second kappa shape index (κ2) is 10.8. The lowest BCUT2D eigenvalue weighted by Gasteiger charge is -2.35. The predicted octanol–water partition coefficient (Wildman–Crippen LogP) is 2.78. The monoisotopic (exact) mass is 388 g/mol. The molecule has 2 aliphatic carbocycles. The van der Waals surface area contributed by atoms with Crippen molar-refractivity contribution < 1.29 is 28.6 Å². The Morgan fingerprint density at radius 2 is 1.21 bits per heavy atom. The molecular formula is C22H28O6. The molecule has 0 spiro atoms. The van der Waals surface area contributed by atoms with E-state index in [0.717, 1.165) is 64.2 Å². The fourth-order valence-corrected chi connectivity index (χ4v) is 3.85. The summed E-state index contributed by atoms with van der Waals surface area (Å²) >= 11 is 0.